The maximum absolute atomic E-state index is 11.5. The number of primary amides is 1. The third kappa shape index (κ3) is 3.53. The summed E-state index contributed by atoms with van der Waals surface area (Å²) in [6, 6.07) is 7.21. The minimum Gasteiger partial charge on any atom is -0.493 e. The molecule has 122 valence electrons. The molecule has 1 aliphatic rings. The van der Waals surface area contributed by atoms with Gasteiger partial charge in [-0.15, -0.1) is 0 Å². The summed E-state index contributed by atoms with van der Waals surface area (Å²) in [5.41, 5.74) is 7.61. The Kier molecular flexibility index (Phi) is 4.62. The first-order valence-electron chi connectivity index (χ1n) is 7.91. The van der Waals surface area contributed by atoms with E-state index in [0.717, 1.165) is 42.9 Å². The van der Waals surface area contributed by atoms with Gasteiger partial charge in [-0.1, -0.05) is 0 Å². The first-order valence-corrected chi connectivity index (χ1v) is 7.91. The van der Waals surface area contributed by atoms with Crippen molar-refractivity contribution in [1.29, 1.82) is 0 Å². The number of hydrogen-bond acceptors (Lipinski definition) is 4. The van der Waals surface area contributed by atoms with Gasteiger partial charge in [-0.25, -0.2) is 0 Å². The average molecular weight is 314 g/mol. The zero-order chi connectivity index (χ0) is 16.2. The van der Waals surface area contributed by atoms with Gasteiger partial charge in [0.05, 0.1) is 12.3 Å². The molecule has 0 aliphatic carbocycles. The van der Waals surface area contributed by atoms with Crippen LogP contribution >= 0.6 is 0 Å². The molecule has 0 bridgehead atoms. The molecular weight excluding hydrogens is 292 g/mol. The van der Waals surface area contributed by atoms with E-state index in [1.165, 1.54) is 0 Å². The van der Waals surface area contributed by atoms with Crippen LogP contribution in [0.3, 0.4) is 0 Å². The fourth-order valence-electron chi connectivity index (χ4n) is 2.90. The lowest BCUT2D eigenvalue weighted by molar-refractivity contribution is 0.100. The molecule has 6 nitrogen and oxygen atoms in total. The van der Waals surface area contributed by atoms with Crippen LogP contribution in [0.2, 0.25) is 0 Å². The number of aromatic nitrogens is 2. The number of carbonyl (C=O) groups excluding carboxylic acids is 1. The lowest BCUT2D eigenvalue weighted by Crippen LogP contribution is -2.30. The molecular formula is C17H22N4O2. The van der Waals surface area contributed by atoms with E-state index in [0.29, 0.717) is 18.1 Å². The molecule has 1 aromatic heterocycles. The topological polar surface area (TPSA) is 82.2 Å². The highest BCUT2D eigenvalue weighted by Gasteiger charge is 2.17. The standard InChI is InChI=1S/C17H22N4O2/c1-21-15(6-9-20-21)14-10-13(17(18)22)2-3-16(14)23-11-12-4-7-19-8-5-12/h2-3,6,9-10,12,19H,4-5,7-8,11H2,1H3,(H2,18,22). The Morgan fingerprint density at radius 2 is 2.17 bits per heavy atom. The molecule has 0 radical (unpaired) electrons. The van der Waals surface area contributed by atoms with Crippen LogP contribution in [0.25, 0.3) is 11.3 Å². The first kappa shape index (κ1) is 15.6. The molecule has 0 spiro atoms. The van der Waals surface area contributed by atoms with Crippen LogP contribution in [0, 0.1) is 5.92 Å². The second kappa shape index (κ2) is 6.83. The van der Waals surface area contributed by atoms with Crippen molar-refractivity contribution in [2.24, 2.45) is 18.7 Å². The summed E-state index contributed by atoms with van der Waals surface area (Å²) < 4.78 is 7.83. The number of ether oxygens (including phenoxy) is 1. The van der Waals surface area contributed by atoms with Crippen molar-refractivity contribution in [3.8, 4) is 17.0 Å². The van der Waals surface area contributed by atoms with Gasteiger partial charge in [-0.2, -0.15) is 5.10 Å². The molecule has 23 heavy (non-hydrogen) atoms. The predicted molar refractivity (Wildman–Crippen MR) is 88.3 cm³/mol. The van der Waals surface area contributed by atoms with Crippen LogP contribution in [-0.4, -0.2) is 35.4 Å². The minimum atomic E-state index is -0.446. The second-order valence-electron chi connectivity index (χ2n) is 5.92. The first-order chi connectivity index (χ1) is 11.1. The monoisotopic (exact) mass is 314 g/mol. The van der Waals surface area contributed by atoms with E-state index in [1.54, 1.807) is 23.0 Å². The number of carbonyl (C=O) groups is 1. The molecule has 3 rings (SSSR count). The van der Waals surface area contributed by atoms with E-state index in [9.17, 15) is 4.79 Å². The molecule has 1 amide bonds. The molecule has 6 heteroatoms. The summed E-state index contributed by atoms with van der Waals surface area (Å²) in [5.74, 6) is 0.877. The zero-order valence-electron chi connectivity index (χ0n) is 13.3. The van der Waals surface area contributed by atoms with Crippen molar-refractivity contribution >= 4 is 5.91 Å². The molecule has 2 aromatic rings. The Hall–Kier alpha value is -2.34. The number of nitrogens with zero attached hydrogens (tertiary/aromatic N) is 2. The van der Waals surface area contributed by atoms with E-state index >= 15 is 0 Å². The maximum atomic E-state index is 11.5. The molecule has 0 unspecified atom stereocenters. The Balaban J connectivity index is 1.86. The summed E-state index contributed by atoms with van der Waals surface area (Å²) in [7, 11) is 1.86. The number of benzene rings is 1. The van der Waals surface area contributed by atoms with Crippen molar-refractivity contribution in [3.63, 3.8) is 0 Å². The number of rotatable bonds is 5. The molecule has 1 fully saturated rings. The summed E-state index contributed by atoms with van der Waals surface area (Å²) in [6.07, 6.45) is 3.98. The number of nitrogens with one attached hydrogen (secondary N) is 1. The van der Waals surface area contributed by atoms with Crippen LogP contribution in [0.1, 0.15) is 23.2 Å². The highest BCUT2D eigenvalue weighted by molar-refractivity contribution is 5.94. The van der Waals surface area contributed by atoms with Gasteiger partial charge < -0.3 is 15.8 Å². The highest BCUT2D eigenvalue weighted by atomic mass is 16.5. The van der Waals surface area contributed by atoms with Gasteiger partial charge in [-0.3, -0.25) is 9.48 Å². The Morgan fingerprint density at radius 3 is 2.83 bits per heavy atom. The number of amides is 1. The van der Waals surface area contributed by atoms with Gasteiger partial charge in [0.15, 0.2) is 0 Å². The number of hydrogen-bond donors (Lipinski definition) is 2. The molecule has 1 aliphatic heterocycles. The van der Waals surface area contributed by atoms with E-state index in [1.807, 2.05) is 19.2 Å². The molecule has 0 atom stereocenters. The summed E-state index contributed by atoms with van der Waals surface area (Å²) >= 11 is 0. The van der Waals surface area contributed by atoms with Crippen LogP contribution < -0.4 is 15.8 Å². The maximum Gasteiger partial charge on any atom is 0.248 e. The molecule has 2 heterocycles. The molecule has 1 aromatic carbocycles. The Labute approximate surface area is 135 Å². The SMILES string of the molecule is Cn1nccc1-c1cc(C(N)=O)ccc1OCC1CCNCC1. The number of nitrogens with two attached hydrogens (primary N) is 1. The fourth-order valence-corrected chi connectivity index (χ4v) is 2.90. The van der Waals surface area contributed by atoms with E-state index in [2.05, 4.69) is 10.4 Å². The third-order valence-corrected chi connectivity index (χ3v) is 4.29. The van der Waals surface area contributed by atoms with Crippen LogP contribution in [0.4, 0.5) is 0 Å². The highest BCUT2D eigenvalue weighted by Crippen LogP contribution is 2.31. The van der Waals surface area contributed by atoms with Crippen molar-refractivity contribution in [1.82, 2.24) is 15.1 Å². The second-order valence-corrected chi connectivity index (χ2v) is 5.92. The van der Waals surface area contributed by atoms with Crippen LogP contribution in [0.5, 0.6) is 5.75 Å². The fraction of sp³-hybridized carbons (Fsp3) is 0.412. The minimum absolute atomic E-state index is 0.446. The number of piperidine rings is 1. The van der Waals surface area contributed by atoms with Crippen molar-refractivity contribution < 1.29 is 9.53 Å². The van der Waals surface area contributed by atoms with E-state index in [-0.39, 0.29) is 0 Å². The predicted octanol–water partition coefficient (Wildman–Crippen LogP) is 1.56. The quantitative estimate of drug-likeness (QED) is 0.877. The van der Waals surface area contributed by atoms with Gasteiger partial charge in [0.2, 0.25) is 5.91 Å². The van der Waals surface area contributed by atoms with E-state index in [4.69, 9.17) is 10.5 Å². The largest absolute Gasteiger partial charge is 0.493 e. The average Bonchev–Trinajstić information content (AvgIpc) is 2.99. The third-order valence-electron chi connectivity index (χ3n) is 4.29. The Bertz CT molecular complexity index is 690. The lowest BCUT2D eigenvalue weighted by atomic mass is 9.99. The zero-order valence-corrected chi connectivity index (χ0v) is 13.3. The summed E-state index contributed by atoms with van der Waals surface area (Å²) in [6.45, 7) is 2.77. The van der Waals surface area contributed by atoms with Crippen LogP contribution in [-0.2, 0) is 7.05 Å². The lowest BCUT2D eigenvalue weighted by Gasteiger charge is -2.23. The molecule has 3 N–H and O–H groups in total. The molecule has 0 saturated carbocycles. The van der Waals surface area contributed by atoms with Gasteiger partial charge in [0.25, 0.3) is 0 Å². The van der Waals surface area contributed by atoms with E-state index < -0.39 is 5.91 Å². The summed E-state index contributed by atoms with van der Waals surface area (Å²) in [5, 5.41) is 7.55. The van der Waals surface area contributed by atoms with Gasteiger partial charge >= 0.3 is 0 Å². The molecule has 1 saturated heterocycles. The smallest absolute Gasteiger partial charge is 0.248 e. The summed E-state index contributed by atoms with van der Waals surface area (Å²) in [4.78, 5) is 11.5. The number of aryl methyl sites for hydroxylation is 1. The van der Waals surface area contributed by atoms with Crippen LogP contribution in [0.15, 0.2) is 30.5 Å². The van der Waals surface area contributed by atoms with Gasteiger partial charge in [0.1, 0.15) is 5.75 Å². The van der Waals surface area contributed by atoms with Gasteiger partial charge in [-0.05, 0) is 56.1 Å². The van der Waals surface area contributed by atoms with Gasteiger partial charge in [0, 0.05) is 24.4 Å². The van der Waals surface area contributed by atoms with Crippen molar-refractivity contribution in [2.45, 2.75) is 12.8 Å². The Morgan fingerprint density at radius 1 is 1.39 bits per heavy atom. The van der Waals surface area contributed by atoms with Crippen molar-refractivity contribution in [3.05, 3.63) is 36.0 Å². The normalized spacial score (nSPS) is 15.5. The van der Waals surface area contributed by atoms with Crippen molar-refractivity contribution in [2.75, 3.05) is 19.7 Å².